The molecule has 4 heteroatoms. The zero-order valence-electron chi connectivity index (χ0n) is 9.56. The number of carbonyl (C=O) groups is 1. The largest absolute Gasteiger partial charge is 0.399 e. The van der Waals surface area contributed by atoms with Gasteiger partial charge in [-0.2, -0.15) is 0 Å². The highest BCUT2D eigenvalue weighted by Gasteiger charge is 2.25. The fourth-order valence-corrected chi connectivity index (χ4v) is 1.72. The molecule has 2 rings (SSSR count). The topological polar surface area (TPSA) is 55.6 Å². The van der Waals surface area contributed by atoms with Crippen LogP contribution in [0.25, 0.3) is 0 Å². The number of hydrogen-bond acceptors (Lipinski definition) is 3. The minimum absolute atomic E-state index is 0.170. The van der Waals surface area contributed by atoms with Crippen molar-refractivity contribution in [2.24, 2.45) is 0 Å². The second kappa shape index (κ2) is 4.14. The Morgan fingerprint density at radius 3 is 2.69 bits per heavy atom. The van der Waals surface area contributed by atoms with E-state index >= 15 is 0 Å². The minimum Gasteiger partial charge on any atom is -0.399 e. The molecule has 86 valence electrons. The van der Waals surface area contributed by atoms with Crippen LogP contribution in [0.4, 0.5) is 5.69 Å². The van der Waals surface area contributed by atoms with Crippen LogP contribution in [0.2, 0.25) is 0 Å². The van der Waals surface area contributed by atoms with Gasteiger partial charge in [0.2, 0.25) is 0 Å². The number of rotatable bonds is 3. The first-order chi connectivity index (χ1) is 7.61. The molecule has 0 spiro atoms. The molecular weight excluding hydrogens is 204 g/mol. The molecule has 1 aromatic carbocycles. The number of carbonyl (C=O) groups excluding carboxylic acids is 1. The monoisotopic (exact) mass is 220 g/mol. The second-order valence-electron chi connectivity index (χ2n) is 4.15. The Labute approximate surface area is 94.9 Å². The molecule has 1 aliphatic rings. The van der Waals surface area contributed by atoms with Crippen molar-refractivity contribution in [1.29, 1.82) is 0 Å². The van der Waals surface area contributed by atoms with Gasteiger partial charge in [0.05, 0.1) is 7.11 Å². The summed E-state index contributed by atoms with van der Waals surface area (Å²) in [5.74, 6) is 0.416. The normalized spacial score (nSPS) is 14.9. The van der Waals surface area contributed by atoms with Crippen LogP contribution in [0.1, 0.15) is 34.7 Å². The average Bonchev–Trinajstić information content (AvgIpc) is 3.10. The summed E-state index contributed by atoms with van der Waals surface area (Å²) in [5, 5.41) is 1.20. The minimum atomic E-state index is -0.170. The highest BCUT2D eigenvalue weighted by Crippen LogP contribution is 2.41. The van der Waals surface area contributed by atoms with E-state index in [4.69, 9.17) is 10.6 Å². The molecule has 1 aliphatic carbocycles. The Hall–Kier alpha value is -1.55. The lowest BCUT2D eigenvalue weighted by atomic mass is 10.1. The van der Waals surface area contributed by atoms with Gasteiger partial charge in [0, 0.05) is 18.3 Å². The molecule has 0 saturated heterocycles. The lowest BCUT2D eigenvalue weighted by molar-refractivity contribution is -0.0756. The predicted octanol–water partition coefficient (Wildman–Crippen LogP) is 1.78. The molecule has 16 heavy (non-hydrogen) atoms. The Bertz CT molecular complexity index is 413. The summed E-state index contributed by atoms with van der Waals surface area (Å²) < 4.78 is 0. The summed E-state index contributed by atoms with van der Waals surface area (Å²) in [6, 6.07) is 5.54. The number of amides is 1. The van der Waals surface area contributed by atoms with Gasteiger partial charge in [-0.3, -0.25) is 9.63 Å². The Kier molecular flexibility index (Phi) is 2.83. The zero-order chi connectivity index (χ0) is 11.7. The molecule has 1 fully saturated rings. The van der Waals surface area contributed by atoms with Gasteiger partial charge in [-0.05, 0) is 42.5 Å². The molecule has 1 saturated carbocycles. The summed E-state index contributed by atoms with van der Waals surface area (Å²) >= 11 is 0. The van der Waals surface area contributed by atoms with Gasteiger partial charge in [0.15, 0.2) is 0 Å². The molecule has 0 heterocycles. The summed E-state index contributed by atoms with van der Waals surface area (Å²) in [6.07, 6.45) is 2.38. The van der Waals surface area contributed by atoms with Gasteiger partial charge in [-0.25, -0.2) is 5.06 Å². The van der Waals surface area contributed by atoms with Gasteiger partial charge < -0.3 is 5.73 Å². The van der Waals surface area contributed by atoms with Gasteiger partial charge in [0.25, 0.3) is 5.91 Å². The lowest BCUT2D eigenvalue weighted by Gasteiger charge is -2.14. The van der Waals surface area contributed by atoms with Crippen LogP contribution >= 0.6 is 0 Å². The molecule has 0 radical (unpaired) electrons. The van der Waals surface area contributed by atoms with E-state index in [9.17, 15) is 4.79 Å². The van der Waals surface area contributed by atoms with Crippen molar-refractivity contribution in [2.75, 3.05) is 19.9 Å². The SMILES string of the molecule is CON(C)C(=O)c1cc(N)cc(C2CC2)c1. The van der Waals surface area contributed by atoms with Crippen molar-refractivity contribution < 1.29 is 9.63 Å². The van der Waals surface area contributed by atoms with E-state index < -0.39 is 0 Å². The maximum absolute atomic E-state index is 11.9. The molecule has 0 atom stereocenters. The van der Waals surface area contributed by atoms with Crippen molar-refractivity contribution in [2.45, 2.75) is 18.8 Å². The van der Waals surface area contributed by atoms with E-state index in [0.29, 0.717) is 17.2 Å². The van der Waals surface area contributed by atoms with E-state index in [1.54, 1.807) is 13.1 Å². The number of benzene rings is 1. The first-order valence-electron chi connectivity index (χ1n) is 5.34. The highest BCUT2D eigenvalue weighted by molar-refractivity contribution is 5.94. The molecule has 1 amide bonds. The van der Waals surface area contributed by atoms with E-state index in [2.05, 4.69) is 0 Å². The number of hydroxylamine groups is 2. The van der Waals surface area contributed by atoms with Crippen LogP contribution in [0.3, 0.4) is 0 Å². The second-order valence-corrected chi connectivity index (χ2v) is 4.15. The maximum atomic E-state index is 11.9. The van der Waals surface area contributed by atoms with E-state index in [1.807, 2.05) is 12.1 Å². The molecule has 4 nitrogen and oxygen atoms in total. The number of anilines is 1. The number of hydrogen-bond donors (Lipinski definition) is 1. The summed E-state index contributed by atoms with van der Waals surface area (Å²) in [5.41, 5.74) is 8.18. The third kappa shape index (κ3) is 2.17. The van der Waals surface area contributed by atoms with Crippen molar-refractivity contribution in [3.05, 3.63) is 29.3 Å². The molecular formula is C12H16N2O2. The molecule has 0 bridgehead atoms. The van der Waals surface area contributed by atoms with Gasteiger partial charge in [0.1, 0.15) is 0 Å². The Morgan fingerprint density at radius 1 is 1.44 bits per heavy atom. The van der Waals surface area contributed by atoms with Crippen LogP contribution in [-0.2, 0) is 4.84 Å². The maximum Gasteiger partial charge on any atom is 0.277 e. The number of nitrogens with zero attached hydrogens (tertiary/aromatic N) is 1. The fourth-order valence-electron chi connectivity index (χ4n) is 1.72. The number of nitrogen functional groups attached to an aromatic ring is 1. The summed E-state index contributed by atoms with van der Waals surface area (Å²) in [4.78, 5) is 16.7. The quantitative estimate of drug-likeness (QED) is 0.624. The van der Waals surface area contributed by atoms with Crippen LogP contribution in [0.5, 0.6) is 0 Å². The van der Waals surface area contributed by atoms with Gasteiger partial charge in [-0.1, -0.05) is 0 Å². The average molecular weight is 220 g/mol. The van der Waals surface area contributed by atoms with Crippen LogP contribution in [0, 0.1) is 0 Å². The summed E-state index contributed by atoms with van der Waals surface area (Å²) in [7, 11) is 3.05. The smallest absolute Gasteiger partial charge is 0.277 e. The highest BCUT2D eigenvalue weighted by atomic mass is 16.7. The van der Waals surface area contributed by atoms with Crippen molar-refractivity contribution in [3.63, 3.8) is 0 Å². The molecule has 0 unspecified atom stereocenters. The van der Waals surface area contributed by atoms with Crippen LogP contribution in [0.15, 0.2) is 18.2 Å². The Balaban J connectivity index is 2.29. The number of nitrogens with two attached hydrogens (primary N) is 1. The summed E-state index contributed by atoms with van der Waals surface area (Å²) in [6.45, 7) is 0. The lowest BCUT2D eigenvalue weighted by Crippen LogP contribution is -2.25. The first-order valence-corrected chi connectivity index (χ1v) is 5.34. The third-order valence-corrected chi connectivity index (χ3v) is 2.83. The molecule has 0 aliphatic heterocycles. The fraction of sp³-hybridized carbons (Fsp3) is 0.417. The zero-order valence-corrected chi connectivity index (χ0v) is 9.56. The molecule has 2 N–H and O–H groups in total. The third-order valence-electron chi connectivity index (χ3n) is 2.83. The Morgan fingerprint density at radius 2 is 2.12 bits per heavy atom. The standard InChI is InChI=1S/C12H16N2O2/c1-14(16-2)12(15)10-5-9(8-3-4-8)6-11(13)7-10/h5-8H,3-4,13H2,1-2H3. The van der Waals surface area contributed by atoms with Gasteiger partial charge >= 0.3 is 0 Å². The van der Waals surface area contributed by atoms with Crippen molar-refractivity contribution in [1.82, 2.24) is 5.06 Å². The van der Waals surface area contributed by atoms with E-state index in [-0.39, 0.29) is 5.91 Å². The predicted molar refractivity (Wildman–Crippen MR) is 61.9 cm³/mol. The van der Waals surface area contributed by atoms with Crippen molar-refractivity contribution in [3.8, 4) is 0 Å². The van der Waals surface area contributed by atoms with E-state index in [0.717, 1.165) is 5.56 Å². The molecule has 1 aromatic rings. The van der Waals surface area contributed by atoms with Crippen LogP contribution < -0.4 is 5.73 Å². The van der Waals surface area contributed by atoms with Crippen LogP contribution in [-0.4, -0.2) is 25.1 Å². The molecule has 0 aromatic heterocycles. The van der Waals surface area contributed by atoms with Crippen molar-refractivity contribution >= 4 is 11.6 Å². The first kappa shape index (κ1) is 11.0. The van der Waals surface area contributed by atoms with E-state index in [1.165, 1.54) is 25.0 Å². The van der Waals surface area contributed by atoms with Gasteiger partial charge in [-0.15, -0.1) is 0 Å².